The molecular formula is C15H21BrN2O2. The zero-order valence-electron chi connectivity index (χ0n) is 11.5. The normalized spacial score (nSPS) is 18.3. The van der Waals surface area contributed by atoms with Gasteiger partial charge in [-0.3, -0.25) is 4.79 Å². The van der Waals surface area contributed by atoms with Crippen LogP contribution in [0, 0.1) is 0 Å². The van der Waals surface area contributed by atoms with Gasteiger partial charge < -0.3 is 16.2 Å². The lowest BCUT2D eigenvalue weighted by Crippen LogP contribution is -2.45. The van der Waals surface area contributed by atoms with Crippen molar-refractivity contribution in [3.05, 3.63) is 28.2 Å². The smallest absolute Gasteiger partial charge is 0.248 e. The van der Waals surface area contributed by atoms with Crippen molar-refractivity contribution in [2.75, 3.05) is 6.61 Å². The minimum absolute atomic E-state index is 0.238. The summed E-state index contributed by atoms with van der Waals surface area (Å²) < 4.78 is 6.57. The van der Waals surface area contributed by atoms with Crippen molar-refractivity contribution in [1.29, 1.82) is 0 Å². The number of primary amides is 1. The lowest BCUT2D eigenvalue weighted by atomic mass is 9.92. The predicted molar refractivity (Wildman–Crippen MR) is 82.8 cm³/mol. The van der Waals surface area contributed by atoms with Crippen LogP contribution in [-0.2, 0) is 0 Å². The van der Waals surface area contributed by atoms with Crippen LogP contribution in [0.4, 0.5) is 0 Å². The molecule has 1 amide bonds. The summed E-state index contributed by atoms with van der Waals surface area (Å²) >= 11 is 3.40. The van der Waals surface area contributed by atoms with Crippen LogP contribution in [0.25, 0.3) is 0 Å². The molecule has 0 heterocycles. The molecule has 5 heteroatoms. The van der Waals surface area contributed by atoms with Gasteiger partial charge in [-0.25, -0.2) is 0 Å². The summed E-state index contributed by atoms with van der Waals surface area (Å²) in [5, 5.41) is 0. The first-order valence-corrected chi connectivity index (χ1v) is 7.80. The molecule has 1 aliphatic carbocycles. The quantitative estimate of drug-likeness (QED) is 0.827. The van der Waals surface area contributed by atoms with E-state index in [1.165, 1.54) is 25.7 Å². The average molecular weight is 341 g/mol. The maximum atomic E-state index is 11.1. The molecule has 1 aromatic carbocycles. The van der Waals surface area contributed by atoms with Gasteiger partial charge in [0.15, 0.2) is 0 Å². The van der Waals surface area contributed by atoms with Crippen molar-refractivity contribution >= 4 is 21.8 Å². The Morgan fingerprint density at radius 2 is 1.90 bits per heavy atom. The first kappa shape index (κ1) is 15.3. The van der Waals surface area contributed by atoms with Gasteiger partial charge in [-0.1, -0.05) is 25.7 Å². The highest BCUT2D eigenvalue weighted by atomic mass is 79.9. The summed E-state index contributed by atoms with van der Waals surface area (Å²) in [6, 6.07) is 5.09. The van der Waals surface area contributed by atoms with Crippen molar-refractivity contribution in [2.45, 2.75) is 44.1 Å². The Morgan fingerprint density at radius 1 is 1.25 bits per heavy atom. The van der Waals surface area contributed by atoms with Crippen LogP contribution in [0.5, 0.6) is 5.75 Å². The maximum Gasteiger partial charge on any atom is 0.248 e. The second-order valence-corrected chi connectivity index (χ2v) is 6.43. The van der Waals surface area contributed by atoms with Gasteiger partial charge >= 0.3 is 0 Å². The molecule has 2 rings (SSSR count). The second kappa shape index (κ2) is 6.59. The highest BCUT2D eigenvalue weighted by Crippen LogP contribution is 2.29. The standard InChI is InChI=1S/C15H21BrN2O2/c16-12-9-11(14(17)19)5-6-13(12)20-10-15(18)7-3-1-2-4-8-15/h5-6,9H,1-4,7-8,10,18H2,(H2,17,19). The number of carbonyl (C=O) groups excluding carboxylic acids is 1. The molecule has 0 unspecified atom stereocenters. The molecule has 0 atom stereocenters. The lowest BCUT2D eigenvalue weighted by Gasteiger charge is -2.28. The Kier molecular flexibility index (Phi) is 5.05. The Labute approximate surface area is 128 Å². The zero-order chi connectivity index (χ0) is 14.6. The molecular weight excluding hydrogens is 320 g/mol. The molecule has 0 saturated heterocycles. The molecule has 110 valence electrons. The van der Waals surface area contributed by atoms with E-state index >= 15 is 0 Å². The summed E-state index contributed by atoms with van der Waals surface area (Å²) in [6.07, 6.45) is 6.86. The monoisotopic (exact) mass is 340 g/mol. The molecule has 1 saturated carbocycles. The number of hydrogen-bond acceptors (Lipinski definition) is 3. The van der Waals surface area contributed by atoms with E-state index in [1.54, 1.807) is 18.2 Å². The number of rotatable bonds is 4. The van der Waals surface area contributed by atoms with Crippen molar-refractivity contribution in [3.8, 4) is 5.75 Å². The van der Waals surface area contributed by atoms with Crippen LogP contribution in [0.2, 0.25) is 0 Å². The molecule has 1 aliphatic rings. The number of hydrogen-bond donors (Lipinski definition) is 2. The van der Waals surface area contributed by atoms with Gasteiger partial charge in [0, 0.05) is 5.56 Å². The molecule has 0 bridgehead atoms. The van der Waals surface area contributed by atoms with Gasteiger partial charge in [-0.05, 0) is 47.0 Å². The highest BCUT2D eigenvalue weighted by molar-refractivity contribution is 9.10. The van der Waals surface area contributed by atoms with Gasteiger partial charge in [0.1, 0.15) is 12.4 Å². The van der Waals surface area contributed by atoms with E-state index in [2.05, 4.69) is 15.9 Å². The van der Waals surface area contributed by atoms with Crippen LogP contribution in [0.1, 0.15) is 48.9 Å². The van der Waals surface area contributed by atoms with Crippen LogP contribution >= 0.6 is 15.9 Å². The van der Waals surface area contributed by atoms with E-state index in [-0.39, 0.29) is 5.54 Å². The SMILES string of the molecule is NC(=O)c1ccc(OCC2(N)CCCCCC2)c(Br)c1. The number of carbonyl (C=O) groups is 1. The van der Waals surface area contributed by atoms with E-state index < -0.39 is 5.91 Å². The zero-order valence-corrected chi connectivity index (χ0v) is 13.1. The molecule has 0 aromatic heterocycles. The van der Waals surface area contributed by atoms with Gasteiger partial charge in [0.05, 0.1) is 10.0 Å². The fourth-order valence-electron chi connectivity index (χ4n) is 2.57. The first-order chi connectivity index (χ1) is 9.50. The number of halogens is 1. The molecule has 4 nitrogen and oxygen atoms in total. The van der Waals surface area contributed by atoms with E-state index in [0.29, 0.717) is 17.9 Å². The first-order valence-electron chi connectivity index (χ1n) is 7.01. The van der Waals surface area contributed by atoms with Gasteiger partial charge in [-0.15, -0.1) is 0 Å². The van der Waals surface area contributed by atoms with Crippen LogP contribution in [0.15, 0.2) is 22.7 Å². The third kappa shape index (κ3) is 3.96. The van der Waals surface area contributed by atoms with Gasteiger partial charge in [-0.2, -0.15) is 0 Å². The summed E-state index contributed by atoms with van der Waals surface area (Å²) in [6.45, 7) is 0.502. The highest BCUT2D eigenvalue weighted by Gasteiger charge is 2.27. The second-order valence-electron chi connectivity index (χ2n) is 5.57. The maximum absolute atomic E-state index is 11.1. The topological polar surface area (TPSA) is 78.3 Å². The average Bonchev–Trinajstić information content (AvgIpc) is 2.62. The number of benzene rings is 1. The lowest BCUT2D eigenvalue weighted by molar-refractivity contribution is 0.1000. The molecule has 20 heavy (non-hydrogen) atoms. The minimum Gasteiger partial charge on any atom is -0.490 e. The number of nitrogens with two attached hydrogens (primary N) is 2. The van der Waals surface area contributed by atoms with Crippen molar-refractivity contribution in [2.24, 2.45) is 11.5 Å². The van der Waals surface area contributed by atoms with Crippen molar-refractivity contribution in [3.63, 3.8) is 0 Å². The summed E-state index contributed by atoms with van der Waals surface area (Å²) in [5.74, 6) is 0.250. The molecule has 1 aromatic rings. The van der Waals surface area contributed by atoms with E-state index in [9.17, 15) is 4.79 Å². The molecule has 0 radical (unpaired) electrons. The Bertz CT molecular complexity index is 483. The van der Waals surface area contributed by atoms with Crippen LogP contribution < -0.4 is 16.2 Å². The van der Waals surface area contributed by atoms with Crippen molar-refractivity contribution < 1.29 is 9.53 Å². The fourth-order valence-corrected chi connectivity index (χ4v) is 3.06. The van der Waals surface area contributed by atoms with Gasteiger partial charge in [0.25, 0.3) is 0 Å². The third-order valence-electron chi connectivity index (χ3n) is 3.83. The third-order valence-corrected chi connectivity index (χ3v) is 4.45. The minimum atomic E-state index is -0.448. The predicted octanol–water partition coefficient (Wildman–Crippen LogP) is 2.98. The summed E-state index contributed by atoms with van der Waals surface area (Å²) in [4.78, 5) is 11.1. The molecule has 4 N–H and O–H groups in total. The number of ether oxygens (including phenoxy) is 1. The Hall–Kier alpha value is -1.07. The Balaban J connectivity index is 2.01. The Morgan fingerprint density at radius 3 is 2.45 bits per heavy atom. The summed E-state index contributed by atoms with van der Waals surface area (Å²) in [5.41, 5.74) is 11.9. The van der Waals surface area contributed by atoms with Crippen LogP contribution in [0.3, 0.4) is 0 Å². The van der Waals surface area contributed by atoms with Gasteiger partial charge in [0.2, 0.25) is 5.91 Å². The molecule has 0 aliphatic heterocycles. The van der Waals surface area contributed by atoms with Crippen molar-refractivity contribution in [1.82, 2.24) is 0 Å². The van der Waals surface area contributed by atoms with E-state index in [0.717, 1.165) is 17.3 Å². The molecule has 1 fully saturated rings. The van der Waals surface area contributed by atoms with E-state index in [1.807, 2.05) is 0 Å². The molecule has 0 spiro atoms. The van der Waals surface area contributed by atoms with Crippen LogP contribution in [-0.4, -0.2) is 18.1 Å². The largest absolute Gasteiger partial charge is 0.490 e. The fraction of sp³-hybridized carbons (Fsp3) is 0.533. The van der Waals surface area contributed by atoms with E-state index in [4.69, 9.17) is 16.2 Å². The number of amides is 1. The summed E-state index contributed by atoms with van der Waals surface area (Å²) in [7, 11) is 0.